The highest BCUT2D eigenvalue weighted by molar-refractivity contribution is 7.89. The maximum atomic E-state index is 12.6. The van der Waals surface area contributed by atoms with Crippen LogP contribution in [0.3, 0.4) is 0 Å². The fourth-order valence-corrected chi connectivity index (χ4v) is 4.84. The van der Waals surface area contributed by atoms with E-state index in [4.69, 9.17) is 5.73 Å². The summed E-state index contributed by atoms with van der Waals surface area (Å²) < 4.78 is 26.7. The average Bonchev–Trinajstić information content (AvgIpc) is 3.09. The zero-order chi connectivity index (χ0) is 13.5. The highest BCUT2D eigenvalue weighted by Gasteiger charge is 2.37. The minimum Gasteiger partial charge on any atom is -0.383 e. The molecule has 1 atom stereocenters. The van der Waals surface area contributed by atoms with Crippen LogP contribution < -0.4 is 5.73 Å². The third kappa shape index (κ3) is 2.05. The number of anilines is 1. The van der Waals surface area contributed by atoms with Crippen LogP contribution in [-0.4, -0.2) is 29.5 Å². The molecule has 0 aliphatic carbocycles. The van der Waals surface area contributed by atoms with Gasteiger partial charge in [-0.2, -0.15) is 20.7 Å². The summed E-state index contributed by atoms with van der Waals surface area (Å²) >= 11 is 1.58. The predicted molar refractivity (Wildman–Crippen MR) is 73.2 cm³/mol. The highest BCUT2D eigenvalue weighted by Crippen LogP contribution is 2.37. The number of sulfonamides is 1. The molecule has 102 valence electrons. The van der Waals surface area contributed by atoms with Gasteiger partial charge in [-0.15, -0.1) is 0 Å². The van der Waals surface area contributed by atoms with Gasteiger partial charge in [-0.1, -0.05) is 0 Å². The van der Waals surface area contributed by atoms with E-state index in [0.29, 0.717) is 6.54 Å². The Hall–Kier alpha value is -1.38. The van der Waals surface area contributed by atoms with E-state index in [1.54, 1.807) is 11.3 Å². The van der Waals surface area contributed by atoms with Gasteiger partial charge in [0.05, 0.1) is 12.2 Å². The van der Waals surface area contributed by atoms with Crippen LogP contribution in [0.4, 0.5) is 5.82 Å². The number of hydrogen-bond acceptors (Lipinski definition) is 5. The molecule has 0 amide bonds. The van der Waals surface area contributed by atoms with Crippen molar-refractivity contribution in [1.82, 2.24) is 14.5 Å². The van der Waals surface area contributed by atoms with Gasteiger partial charge in [-0.25, -0.2) is 8.42 Å². The molecule has 3 N–H and O–H groups in total. The van der Waals surface area contributed by atoms with Crippen LogP contribution in [0, 0.1) is 0 Å². The molecule has 1 saturated heterocycles. The Bertz CT molecular complexity index is 663. The first kappa shape index (κ1) is 12.6. The number of rotatable bonds is 3. The van der Waals surface area contributed by atoms with E-state index in [-0.39, 0.29) is 16.8 Å². The predicted octanol–water partition coefficient (Wildman–Crippen LogP) is 1.58. The Balaban J connectivity index is 1.99. The number of aromatic amines is 1. The van der Waals surface area contributed by atoms with Crippen molar-refractivity contribution in [2.24, 2.45) is 0 Å². The number of nitrogens with one attached hydrogen (secondary N) is 1. The molecule has 6 nitrogen and oxygen atoms in total. The largest absolute Gasteiger partial charge is 0.383 e. The summed E-state index contributed by atoms with van der Waals surface area (Å²) in [6.45, 7) is 0.521. The monoisotopic (exact) mass is 298 g/mol. The van der Waals surface area contributed by atoms with Crippen molar-refractivity contribution in [1.29, 1.82) is 0 Å². The lowest BCUT2D eigenvalue weighted by molar-refractivity contribution is 0.397. The summed E-state index contributed by atoms with van der Waals surface area (Å²) in [5.74, 6) is 0.0935. The Morgan fingerprint density at radius 2 is 2.37 bits per heavy atom. The molecule has 19 heavy (non-hydrogen) atoms. The number of hydrogen-bond donors (Lipinski definition) is 2. The standard InChI is InChI=1S/C11H14N4O2S2/c12-11-10(6-13-14-11)19(16,17)15-4-1-2-9(15)8-3-5-18-7-8/h3,5-7,9H,1-2,4H2,(H3,12,13,14). The number of nitrogen functional groups attached to an aromatic ring is 1. The van der Waals surface area contributed by atoms with Crippen molar-refractivity contribution in [3.63, 3.8) is 0 Å². The van der Waals surface area contributed by atoms with Gasteiger partial charge in [0.1, 0.15) is 10.7 Å². The van der Waals surface area contributed by atoms with Gasteiger partial charge in [0, 0.05) is 6.54 Å². The fraction of sp³-hybridized carbons (Fsp3) is 0.364. The molecule has 0 aromatic carbocycles. The van der Waals surface area contributed by atoms with Gasteiger partial charge in [0.25, 0.3) is 0 Å². The number of H-pyrrole nitrogens is 1. The average molecular weight is 298 g/mol. The third-order valence-corrected chi connectivity index (χ3v) is 5.99. The molecule has 8 heteroatoms. The van der Waals surface area contributed by atoms with Crippen molar-refractivity contribution >= 4 is 27.2 Å². The Kier molecular flexibility index (Phi) is 3.08. The van der Waals surface area contributed by atoms with Crippen LogP contribution in [-0.2, 0) is 10.0 Å². The van der Waals surface area contributed by atoms with Gasteiger partial charge >= 0.3 is 0 Å². The van der Waals surface area contributed by atoms with Crippen LogP contribution in [0.1, 0.15) is 24.4 Å². The molecule has 3 heterocycles. The number of thiophene rings is 1. The second kappa shape index (κ2) is 4.62. The van der Waals surface area contributed by atoms with Crippen LogP contribution in [0.15, 0.2) is 27.9 Å². The van der Waals surface area contributed by atoms with Crippen molar-refractivity contribution in [2.45, 2.75) is 23.8 Å². The summed E-state index contributed by atoms with van der Waals surface area (Å²) in [6, 6.07) is 1.88. The van der Waals surface area contributed by atoms with Crippen LogP contribution >= 0.6 is 11.3 Å². The zero-order valence-corrected chi connectivity index (χ0v) is 11.7. The molecule has 3 rings (SSSR count). The van der Waals surface area contributed by atoms with Gasteiger partial charge in [-0.05, 0) is 35.2 Å². The Labute approximate surface area is 115 Å². The van der Waals surface area contributed by atoms with E-state index < -0.39 is 10.0 Å². The fourth-order valence-electron chi connectivity index (χ4n) is 2.44. The lowest BCUT2D eigenvalue weighted by Gasteiger charge is -2.23. The minimum atomic E-state index is -3.58. The summed E-state index contributed by atoms with van der Waals surface area (Å²) in [4.78, 5) is 0.0645. The molecule has 1 fully saturated rings. The summed E-state index contributed by atoms with van der Waals surface area (Å²) in [6.07, 6.45) is 2.97. The number of nitrogens with zero attached hydrogens (tertiary/aromatic N) is 2. The van der Waals surface area contributed by atoms with E-state index >= 15 is 0 Å². The van der Waals surface area contributed by atoms with Crippen molar-refractivity contribution in [2.75, 3.05) is 12.3 Å². The summed E-state index contributed by atoms with van der Waals surface area (Å²) in [7, 11) is -3.58. The smallest absolute Gasteiger partial charge is 0.248 e. The molecule has 1 unspecified atom stereocenters. The van der Waals surface area contributed by atoms with Gasteiger partial charge in [-0.3, -0.25) is 5.10 Å². The van der Waals surface area contributed by atoms with E-state index in [1.165, 1.54) is 10.5 Å². The van der Waals surface area contributed by atoms with E-state index in [9.17, 15) is 8.42 Å². The van der Waals surface area contributed by atoms with Crippen molar-refractivity contribution in [3.8, 4) is 0 Å². The molecule has 1 aliphatic heterocycles. The van der Waals surface area contributed by atoms with Gasteiger partial charge in [0.2, 0.25) is 10.0 Å². The lowest BCUT2D eigenvalue weighted by Crippen LogP contribution is -2.30. The van der Waals surface area contributed by atoms with E-state index in [0.717, 1.165) is 18.4 Å². The van der Waals surface area contributed by atoms with Crippen LogP contribution in [0.25, 0.3) is 0 Å². The van der Waals surface area contributed by atoms with Crippen LogP contribution in [0.5, 0.6) is 0 Å². The SMILES string of the molecule is Nc1[nH]ncc1S(=O)(=O)N1CCCC1c1ccsc1. The molecule has 0 saturated carbocycles. The quantitative estimate of drug-likeness (QED) is 0.900. The second-order valence-corrected chi connectivity index (χ2v) is 7.12. The summed E-state index contributed by atoms with van der Waals surface area (Å²) in [5, 5.41) is 10.1. The van der Waals surface area contributed by atoms with Gasteiger partial charge < -0.3 is 5.73 Å². The Morgan fingerprint density at radius 3 is 3.00 bits per heavy atom. The minimum absolute atomic E-state index is 0.0645. The van der Waals surface area contributed by atoms with Crippen molar-refractivity contribution < 1.29 is 8.42 Å². The highest BCUT2D eigenvalue weighted by atomic mass is 32.2. The third-order valence-electron chi connectivity index (χ3n) is 3.35. The van der Waals surface area contributed by atoms with Crippen molar-refractivity contribution in [3.05, 3.63) is 28.6 Å². The first-order chi connectivity index (χ1) is 9.10. The molecule has 0 radical (unpaired) electrons. The topological polar surface area (TPSA) is 92.1 Å². The molecular weight excluding hydrogens is 284 g/mol. The molecule has 1 aliphatic rings. The zero-order valence-electron chi connectivity index (χ0n) is 10.1. The maximum Gasteiger partial charge on any atom is 0.248 e. The normalized spacial score (nSPS) is 20.9. The second-order valence-electron chi connectivity index (χ2n) is 4.48. The van der Waals surface area contributed by atoms with E-state index in [2.05, 4.69) is 10.2 Å². The maximum absolute atomic E-state index is 12.6. The molecule has 0 spiro atoms. The first-order valence-electron chi connectivity index (χ1n) is 5.93. The molecule has 2 aromatic heterocycles. The Morgan fingerprint density at radius 1 is 1.53 bits per heavy atom. The van der Waals surface area contributed by atoms with Crippen LogP contribution in [0.2, 0.25) is 0 Å². The first-order valence-corrected chi connectivity index (χ1v) is 8.32. The molecule has 2 aromatic rings. The van der Waals surface area contributed by atoms with E-state index in [1.807, 2.05) is 16.8 Å². The summed E-state index contributed by atoms with van der Waals surface area (Å²) in [5.41, 5.74) is 6.69. The van der Waals surface area contributed by atoms with Gasteiger partial charge in [0.15, 0.2) is 0 Å². The molecular formula is C11H14N4O2S2. The number of aromatic nitrogens is 2. The molecule has 0 bridgehead atoms. The number of nitrogens with two attached hydrogens (primary N) is 1. The lowest BCUT2D eigenvalue weighted by atomic mass is 10.1.